The molecule has 12 heteroatoms. The maximum atomic E-state index is 13.1. The number of nitrogens with zero attached hydrogens (tertiary/aromatic N) is 4. The number of hydrogen-bond acceptors (Lipinski definition) is 8. The molecule has 0 radical (unpaired) electrons. The standard InChI is InChI=1S/C18H20N6O6/c1-29-10-5-3-9(4-6-10)17(27)23-8-7-11(13(23)18(28)30-2)24-14(16(20)26)12(15(19)25)21-22-24/h3-6,11,13H,7-8H2,1-2H3,(H2,19,25)(H2,20,26). The molecule has 1 aliphatic rings. The van der Waals surface area contributed by atoms with E-state index in [1.165, 1.54) is 19.1 Å². The van der Waals surface area contributed by atoms with Crippen molar-refractivity contribution < 1.29 is 28.7 Å². The second kappa shape index (κ2) is 8.19. The number of benzene rings is 1. The van der Waals surface area contributed by atoms with Gasteiger partial charge in [-0.05, 0) is 30.7 Å². The zero-order valence-electron chi connectivity index (χ0n) is 16.3. The highest BCUT2D eigenvalue weighted by Crippen LogP contribution is 2.32. The molecule has 1 aliphatic heterocycles. The number of ether oxygens (including phenoxy) is 2. The van der Waals surface area contributed by atoms with Gasteiger partial charge in [0.05, 0.1) is 20.3 Å². The molecule has 2 unspecified atom stereocenters. The summed E-state index contributed by atoms with van der Waals surface area (Å²) in [4.78, 5) is 50.4. The van der Waals surface area contributed by atoms with Crippen LogP contribution in [0.2, 0.25) is 0 Å². The number of carbonyl (C=O) groups excluding carboxylic acids is 4. The Morgan fingerprint density at radius 1 is 1.07 bits per heavy atom. The number of methoxy groups -OCH3 is 2. The fraction of sp³-hybridized carbons (Fsp3) is 0.333. The van der Waals surface area contributed by atoms with E-state index in [9.17, 15) is 19.2 Å². The summed E-state index contributed by atoms with van der Waals surface area (Å²) in [5.74, 6) is -2.55. The molecule has 2 heterocycles. The van der Waals surface area contributed by atoms with E-state index in [0.29, 0.717) is 11.3 Å². The normalized spacial score (nSPS) is 18.1. The molecular formula is C18H20N6O6. The number of nitrogens with two attached hydrogens (primary N) is 2. The lowest BCUT2D eigenvalue weighted by Crippen LogP contribution is -2.45. The molecule has 3 rings (SSSR count). The molecule has 1 saturated heterocycles. The van der Waals surface area contributed by atoms with Crippen LogP contribution in [0.4, 0.5) is 0 Å². The summed E-state index contributed by atoms with van der Waals surface area (Å²) in [6, 6.07) is 4.43. The van der Waals surface area contributed by atoms with Gasteiger partial charge in [-0.15, -0.1) is 5.10 Å². The van der Waals surface area contributed by atoms with E-state index in [1.807, 2.05) is 0 Å². The van der Waals surface area contributed by atoms with Crippen molar-refractivity contribution in [3.8, 4) is 5.75 Å². The van der Waals surface area contributed by atoms with Gasteiger partial charge in [-0.25, -0.2) is 9.48 Å². The van der Waals surface area contributed by atoms with Crippen LogP contribution >= 0.6 is 0 Å². The van der Waals surface area contributed by atoms with Gasteiger partial charge in [-0.2, -0.15) is 0 Å². The molecule has 4 N–H and O–H groups in total. The van der Waals surface area contributed by atoms with Crippen molar-refractivity contribution in [3.63, 3.8) is 0 Å². The zero-order chi connectivity index (χ0) is 22.0. The van der Waals surface area contributed by atoms with Gasteiger partial charge in [-0.1, -0.05) is 5.21 Å². The highest BCUT2D eigenvalue weighted by Gasteiger charge is 2.46. The van der Waals surface area contributed by atoms with Gasteiger partial charge in [0.25, 0.3) is 17.7 Å². The second-order valence-electron chi connectivity index (χ2n) is 6.51. The number of primary amides is 2. The van der Waals surface area contributed by atoms with Crippen molar-refractivity contribution in [2.24, 2.45) is 11.5 Å². The lowest BCUT2D eigenvalue weighted by Gasteiger charge is -2.26. The van der Waals surface area contributed by atoms with Crippen molar-refractivity contribution in [2.45, 2.75) is 18.5 Å². The number of esters is 1. The minimum atomic E-state index is -1.12. The molecule has 3 amide bonds. The minimum Gasteiger partial charge on any atom is -0.497 e. The number of likely N-dealkylation sites (tertiary alicyclic amines) is 1. The van der Waals surface area contributed by atoms with Gasteiger partial charge in [0.1, 0.15) is 5.75 Å². The molecule has 0 spiro atoms. The van der Waals surface area contributed by atoms with Crippen molar-refractivity contribution in [1.29, 1.82) is 0 Å². The molecule has 0 saturated carbocycles. The average Bonchev–Trinajstić information content (AvgIpc) is 3.37. The van der Waals surface area contributed by atoms with Crippen molar-refractivity contribution in [1.82, 2.24) is 19.9 Å². The van der Waals surface area contributed by atoms with Crippen LogP contribution in [-0.4, -0.2) is 70.4 Å². The van der Waals surface area contributed by atoms with E-state index >= 15 is 0 Å². The highest BCUT2D eigenvalue weighted by atomic mass is 16.5. The number of amides is 3. The molecule has 1 aromatic heterocycles. The Balaban J connectivity index is 2.00. The summed E-state index contributed by atoms with van der Waals surface area (Å²) in [6.07, 6.45) is 0.240. The Hall–Kier alpha value is -3.96. The highest BCUT2D eigenvalue weighted by molar-refractivity contribution is 6.03. The summed E-state index contributed by atoms with van der Waals surface area (Å²) >= 11 is 0. The van der Waals surface area contributed by atoms with Crippen LogP contribution in [0.25, 0.3) is 0 Å². The van der Waals surface area contributed by atoms with Gasteiger partial charge in [0, 0.05) is 12.1 Å². The molecule has 1 fully saturated rings. The van der Waals surface area contributed by atoms with E-state index in [2.05, 4.69) is 10.3 Å². The summed E-state index contributed by atoms with van der Waals surface area (Å²) in [7, 11) is 2.68. The monoisotopic (exact) mass is 416 g/mol. The van der Waals surface area contributed by atoms with Crippen LogP contribution in [0.15, 0.2) is 24.3 Å². The Kier molecular flexibility index (Phi) is 5.67. The maximum absolute atomic E-state index is 13.1. The van der Waals surface area contributed by atoms with E-state index in [1.54, 1.807) is 24.3 Å². The molecule has 1 aromatic carbocycles. The lowest BCUT2D eigenvalue weighted by molar-refractivity contribution is -0.146. The first-order valence-electron chi connectivity index (χ1n) is 8.87. The second-order valence-corrected chi connectivity index (χ2v) is 6.51. The minimum absolute atomic E-state index is 0.166. The quantitative estimate of drug-likeness (QED) is 0.571. The topological polar surface area (TPSA) is 173 Å². The van der Waals surface area contributed by atoms with E-state index in [4.69, 9.17) is 20.9 Å². The number of carbonyl (C=O) groups is 4. The fourth-order valence-corrected chi connectivity index (χ4v) is 3.49. The third-order valence-electron chi connectivity index (χ3n) is 4.88. The number of aromatic nitrogens is 3. The fourth-order valence-electron chi connectivity index (χ4n) is 3.49. The molecule has 2 atom stereocenters. The van der Waals surface area contributed by atoms with Crippen molar-refractivity contribution in [3.05, 3.63) is 41.2 Å². The SMILES string of the molecule is COC(=O)C1C(n2nnc(C(N)=O)c2C(N)=O)CCN1C(=O)c1ccc(OC)cc1. The summed E-state index contributed by atoms with van der Waals surface area (Å²) < 4.78 is 11.0. The van der Waals surface area contributed by atoms with E-state index in [0.717, 1.165) is 4.68 Å². The van der Waals surface area contributed by atoms with Gasteiger partial charge in [0.15, 0.2) is 17.4 Å². The first-order valence-corrected chi connectivity index (χ1v) is 8.87. The van der Waals surface area contributed by atoms with E-state index < -0.39 is 41.5 Å². The van der Waals surface area contributed by atoms with Crippen LogP contribution in [-0.2, 0) is 9.53 Å². The lowest BCUT2D eigenvalue weighted by atomic mass is 10.1. The van der Waals surface area contributed by atoms with Crippen LogP contribution in [0.5, 0.6) is 5.75 Å². The largest absolute Gasteiger partial charge is 0.497 e. The van der Waals surface area contributed by atoms with Gasteiger partial charge in [-0.3, -0.25) is 14.4 Å². The Morgan fingerprint density at radius 3 is 2.27 bits per heavy atom. The van der Waals surface area contributed by atoms with E-state index in [-0.39, 0.29) is 18.7 Å². The van der Waals surface area contributed by atoms with Crippen LogP contribution < -0.4 is 16.2 Å². The summed E-state index contributed by atoms with van der Waals surface area (Å²) in [5.41, 5.74) is 10.2. The van der Waals surface area contributed by atoms with Gasteiger partial charge < -0.3 is 25.8 Å². The molecule has 2 aromatic rings. The third-order valence-corrected chi connectivity index (χ3v) is 4.88. The first kappa shape index (κ1) is 20.8. The Morgan fingerprint density at radius 2 is 1.73 bits per heavy atom. The molecule has 0 aliphatic carbocycles. The molecular weight excluding hydrogens is 396 g/mol. The molecule has 12 nitrogen and oxygen atoms in total. The zero-order valence-corrected chi connectivity index (χ0v) is 16.3. The third kappa shape index (κ3) is 3.54. The molecule has 158 valence electrons. The maximum Gasteiger partial charge on any atom is 0.330 e. The van der Waals surface area contributed by atoms with Crippen LogP contribution in [0.1, 0.15) is 43.8 Å². The van der Waals surface area contributed by atoms with Crippen LogP contribution in [0.3, 0.4) is 0 Å². The van der Waals surface area contributed by atoms with Crippen molar-refractivity contribution in [2.75, 3.05) is 20.8 Å². The van der Waals surface area contributed by atoms with Crippen molar-refractivity contribution >= 4 is 23.7 Å². The van der Waals surface area contributed by atoms with Crippen LogP contribution in [0, 0.1) is 0 Å². The van der Waals surface area contributed by atoms with Gasteiger partial charge >= 0.3 is 5.97 Å². The first-order chi connectivity index (χ1) is 14.3. The average molecular weight is 416 g/mol. The summed E-state index contributed by atoms with van der Waals surface area (Å²) in [5, 5.41) is 7.42. The number of hydrogen-bond donors (Lipinski definition) is 2. The predicted octanol–water partition coefficient (Wildman–Crippen LogP) is -0.887. The molecule has 0 bridgehead atoms. The van der Waals surface area contributed by atoms with Gasteiger partial charge in [0.2, 0.25) is 0 Å². The Labute approximate surface area is 170 Å². The smallest absolute Gasteiger partial charge is 0.330 e. The number of rotatable bonds is 6. The Bertz CT molecular complexity index is 1000. The molecule has 30 heavy (non-hydrogen) atoms. The predicted molar refractivity (Wildman–Crippen MR) is 101 cm³/mol. The summed E-state index contributed by atoms with van der Waals surface area (Å²) in [6.45, 7) is 0.166.